The molecule has 0 spiro atoms. The molecule has 0 saturated carbocycles. The summed E-state index contributed by atoms with van der Waals surface area (Å²) in [6.45, 7) is -3.06. The first-order valence-corrected chi connectivity index (χ1v) is 5.76. The van der Waals surface area contributed by atoms with Crippen molar-refractivity contribution < 1.29 is 21.9 Å². The topological polar surface area (TPSA) is 46.6 Å². The van der Waals surface area contributed by atoms with Gasteiger partial charge in [-0.3, -0.25) is 0 Å². The molecule has 1 rings (SSSR count). The van der Waals surface area contributed by atoms with E-state index >= 15 is 0 Å². The fourth-order valence-electron chi connectivity index (χ4n) is 1.05. The summed E-state index contributed by atoms with van der Waals surface area (Å²) in [4.78, 5) is -0.277. The van der Waals surface area contributed by atoms with Crippen LogP contribution in [0.2, 0.25) is 0 Å². The van der Waals surface area contributed by atoms with Crippen LogP contribution in [0.15, 0.2) is 29.2 Å². The van der Waals surface area contributed by atoms with Crippen LogP contribution in [0, 0.1) is 0 Å². The van der Waals surface area contributed by atoms with Crippen molar-refractivity contribution in [3.8, 4) is 5.75 Å². The van der Waals surface area contributed by atoms with Gasteiger partial charge in [0.05, 0.1) is 0 Å². The third-order valence-electron chi connectivity index (χ3n) is 1.82. The Morgan fingerprint density at radius 3 is 2.31 bits per heavy atom. The average molecular weight is 251 g/mol. The first-order chi connectivity index (χ1) is 7.35. The number of nitrogens with zero attached hydrogens (tertiary/aromatic N) is 1. The Balaban J connectivity index is 3.24. The van der Waals surface area contributed by atoms with Gasteiger partial charge in [0.1, 0.15) is 10.6 Å². The number of ether oxygens (including phenoxy) is 1. The van der Waals surface area contributed by atoms with Crippen molar-refractivity contribution in [3.63, 3.8) is 0 Å². The van der Waals surface area contributed by atoms with Gasteiger partial charge in [0, 0.05) is 14.1 Å². The summed E-state index contributed by atoms with van der Waals surface area (Å²) < 4.78 is 52.7. The van der Waals surface area contributed by atoms with E-state index in [1.54, 1.807) is 0 Å². The van der Waals surface area contributed by atoms with Gasteiger partial charge in [0.2, 0.25) is 10.0 Å². The summed E-state index contributed by atoms with van der Waals surface area (Å²) in [6.07, 6.45) is 0. The predicted molar refractivity (Wildman–Crippen MR) is 53.9 cm³/mol. The van der Waals surface area contributed by atoms with E-state index < -0.39 is 16.6 Å². The number of rotatable bonds is 4. The Morgan fingerprint density at radius 2 is 1.81 bits per heavy atom. The number of hydrogen-bond donors (Lipinski definition) is 0. The van der Waals surface area contributed by atoms with Crippen LogP contribution >= 0.6 is 0 Å². The summed E-state index contributed by atoms with van der Waals surface area (Å²) in [5, 5.41) is 0. The summed E-state index contributed by atoms with van der Waals surface area (Å²) in [5.74, 6) is -0.355. The highest BCUT2D eigenvalue weighted by atomic mass is 32.2. The zero-order valence-electron chi connectivity index (χ0n) is 8.72. The zero-order chi connectivity index (χ0) is 12.3. The van der Waals surface area contributed by atoms with E-state index in [1.165, 1.54) is 38.4 Å². The van der Waals surface area contributed by atoms with E-state index in [2.05, 4.69) is 4.74 Å². The van der Waals surface area contributed by atoms with Gasteiger partial charge in [-0.1, -0.05) is 12.1 Å². The molecule has 0 aliphatic carbocycles. The maximum absolute atomic E-state index is 12.1. The van der Waals surface area contributed by atoms with Crippen molar-refractivity contribution in [2.75, 3.05) is 14.1 Å². The van der Waals surface area contributed by atoms with Crippen LogP contribution in [0.3, 0.4) is 0 Å². The minimum absolute atomic E-state index is 0.277. The molecule has 0 aliphatic rings. The lowest BCUT2D eigenvalue weighted by atomic mass is 10.3. The van der Waals surface area contributed by atoms with Crippen molar-refractivity contribution >= 4 is 10.0 Å². The molecule has 0 heterocycles. The Kier molecular flexibility index (Phi) is 3.82. The van der Waals surface area contributed by atoms with E-state index in [9.17, 15) is 17.2 Å². The molecule has 1 aromatic carbocycles. The number of sulfonamides is 1. The maximum Gasteiger partial charge on any atom is 0.387 e. The van der Waals surface area contributed by atoms with E-state index in [-0.39, 0.29) is 10.6 Å². The molecule has 0 radical (unpaired) electrons. The molecule has 0 aromatic heterocycles. The lowest BCUT2D eigenvalue weighted by Gasteiger charge is -2.14. The van der Waals surface area contributed by atoms with Crippen LogP contribution in [0.5, 0.6) is 5.75 Å². The van der Waals surface area contributed by atoms with Crippen LogP contribution in [0.1, 0.15) is 0 Å². The number of halogens is 2. The molecule has 7 heteroatoms. The van der Waals surface area contributed by atoms with Gasteiger partial charge in [-0.15, -0.1) is 0 Å². The number of alkyl halides is 2. The van der Waals surface area contributed by atoms with Crippen LogP contribution in [-0.4, -0.2) is 33.4 Å². The van der Waals surface area contributed by atoms with Gasteiger partial charge in [-0.05, 0) is 12.1 Å². The van der Waals surface area contributed by atoms with Crippen molar-refractivity contribution in [3.05, 3.63) is 24.3 Å². The Morgan fingerprint density at radius 1 is 1.25 bits per heavy atom. The second-order valence-electron chi connectivity index (χ2n) is 3.11. The van der Waals surface area contributed by atoms with E-state index in [0.29, 0.717) is 0 Å². The van der Waals surface area contributed by atoms with Gasteiger partial charge >= 0.3 is 6.61 Å². The summed E-state index contributed by atoms with van der Waals surface area (Å²) in [6, 6.07) is 5.26. The van der Waals surface area contributed by atoms with Crippen molar-refractivity contribution in [1.29, 1.82) is 0 Å². The molecule has 0 bridgehead atoms. The van der Waals surface area contributed by atoms with Crippen molar-refractivity contribution in [1.82, 2.24) is 4.31 Å². The van der Waals surface area contributed by atoms with Gasteiger partial charge < -0.3 is 4.74 Å². The summed E-state index contributed by atoms with van der Waals surface area (Å²) in [7, 11) is -1.15. The molecule has 0 amide bonds. The monoisotopic (exact) mass is 251 g/mol. The maximum atomic E-state index is 12.1. The molecule has 1 aromatic rings. The first kappa shape index (κ1) is 12.9. The first-order valence-electron chi connectivity index (χ1n) is 4.32. The fourth-order valence-corrected chi connectivity index (χ4v) is 2.07. The average Bonchev–Trinajstić information content (AvgIpc) is 2.17. The lowest BCUT2D eigenvalue weighted by Crippen LogP contribution is -2.23. The molecule has 4 nitrogen and oxygen atoms in total. The lowest BCUT2D eigenvalue weighted by molar-refractivity contribution is -0.0517. The molecule has 0 N–H and O–H groups in total. The molecule has 0 atom stereocenters. The molecule has 0 aliphatic heterocycles. The zero-order valence-corrected chi connectivity index (χ0v) is 9.54. The standard InChI is InChI=1S/C9H11F2NO3S/c1-12(2)16(13,14)8-6-4-3-5-7(8)15-9(10)11/h3-6,9H,1-2H3. The summed E-state index contributed by atoms with van der Waals surface area (Å²) >= 11 is 0. The highest BCUT2D eigenvalue weighted by Crippen LogP contribution is 2.26. The molecule has 90 valence electrons. The fraction of sp³-hybridized carbons (Fsp3) is 0.333. The molecular formula is C9H11F2NO3S. The molecule has 0 fully saturated rings. The smallest absolute Gasteiger partial charge is 0.387 e. The van der Waals surface area contributed by atoms with Gasteiger partial charge in [-0.2, -0.15) is 8.78 Å². The number of para-hydroxylation sites is 1. The van der Waals surface area contributed by atoms with Crippen LogP contribution in [0.25, 0.3) is 0 Å². The van der Waals surface area contributed by atoms with Gasteiger partial charge in [0.15, 0.2) is 0 Å². The quantitative estimate of drug-likeness (QED) is 0.815. The molecular weight excluding hydrogens is 240 g/mol. The minimum Gasteiger partial charge on any atom is -0.433 e. The van der Waals surface area contributed by atoms with E-state index in [0.717, 1.165) is 4.31 Å². The van der Waals surface area contributed by atoms with Crippen molar-refractivity contribution in [2.24, 2.45) is 0 Å². The normalized spacial score (nSPS) is 12.1. The second kappa shape index (κ2) is 4.75. The van der Waals surface area contributed by atoms with E-state index in [4.69, 9.17) is 0 Å². The molecule has 0 saturated heterocycles. The largest absolute Gasteiger partial charge is 0.433 e. The highest BCUT2D eigenvalue weighted by molar-refractivity contribution is 7.89. The SMILES string of the molecule is CN(C)S(=O)(=O)c1ccccc1OC(F)F. The number of hydrogen-bond acceptors (Lipinski definition) is 3. The second-order valence-corrected chi connectivity index (χ2v) is 5.23. The third-order valence-corrected chi connectivity index (χ3v) is 3.68. The third kappa shape index (κ3) is 2.67. The van der Waals surface area contributed by atoms with Crippen LogP contribution < -0.4 is 4.74 Å². The molecule has 16 heavy (non-hydrogen) atoms. The minimum atomic E-state index is -3.78. The van der Waals surface area contributed by atoms with Gasteiger partial charge in [-0.25, -0.2) is 12.7 Å². The van der Waals surface area contributed by atoms with Gasteiger partial charge in [0.25, 0.3) is 0 Å². The highest BCUT2D eigenvalue weighted by Gasteiger charge is 2.23. The van der Waals surface area contributed by atoms with Crippen LogP contribution in [-0.2, 0) is 10.0 Å². The summed E-state index contributed by atoms with van der Waals surface area (Å²) in [5.41, 5.74) is 0. The van der Waals surface area contributed by atoms with Crippen LogP contribution in [0.4, 0.5) is 8.78 Å². The Labute approximate surface area is 92.5 Å². The van der Waals surface area contributed by atoms with E-state index in [1.807, 2.05) is 0 Å². The predicted octanol–water partition coefficient (Wildman–Crippen LogP) is 1.54. The van der Waals surface area contributed by atoms with Crippen molar-refractivity contribution in [2.45, 2.75) is 11.5 Å². The molecule has 0 unspecified atom stereocenters. The Hall–Kier alpha value is -1.21. The Bertz CT molecular complexity index is 460. The number of benzene rings is 1.